The Bertz CT molecular complexity index is 1330. The highest BCUT2D eigenvalue weighted by Gasteiger charge is 2.50. The number of alkyl halides is 3. The van der Waals surface area contributed by atoms with Gasteiger partial charge in [0.2, 0.25) is 0 Å². The van der Waals surface area contributed by atoms with Crippen molar-refractivity contribution in [2.24, 2.45) is 10.7 Å². The number of ether oxygens (including phenoxy) is 3. The van der Waals surface area contributed by atoms with Crippen LogP contribution in [0.15, 0.2) is 41.4 Å². The summed E-state index contributed by atoms with van der Waals surface area (Å²) in [6.07, 6.45) is 0. The van der Waals surface area contributed by atoms with E-state index in [1.54, 1.807) is 6.07 Å². The molecular formula is C22H22F3N3O6S. The van der Waals surface area contributed by atoms with Gasteiger partial charge in [-0.1, -0.05) is 0 Å². The third-order valence-corrected chi connectivity index (χ3v) is 7.01. The molecule has 1 spiro atoms. The van der Waals surface area contributed by atoms with Crippen molar-refractivity contribution in [2.45, 2.75) is 30.5 Å². The lowest BCUT2D eigenvalue weighted by Gasteiger charge is -2.40. The number of nitrogens with zero attached hydrogens (tertiary/aromatic N) is 2. The first-order chi connectivity index (χ1) is 16.3. The SMILES string of the molecule is CC1(C)CN(c2ccc3c(c2)[C@]2(COC(N)=N2)c2cc(OS(=O)(=O)C(F)(F)F)ccc2O3)CCO1. The van der Waals surface area contributed by atoms with E-state index < -0.39 is 26.9 Å². The molecule has 3 aliphatic heterocycles. The van der Waals surface area contributed by atoms with Crippen molar-refractivity contribution >= 4 is 21.8 Å². The molecule has 1 atom stereocenters. The van der Waals surface area contributed by atoms with Gasteiger partial charge in [-0.3, -0.25) is 0 Å². The van der Waals surface area contributed by atoms with Crippen molar-refractivity contribution < 1.29 is 40.0 Å². The number of hydrogen-bond donors (Lipinski definition) is 1. The van der Waals surface area contributed by atoms with Crippen molar-refractivity contribution in [1.29, 1.82) is 0 Å². The smallest absolute Gasteiger partial charge is 0.462 e. The summed E-state index contributed by atoms with van der Waals surface area (Å²) in [5.74, 6) is 0.184. The first kappa shape index (κ1) is 23.5. The van der Waals surface area contributed by atoms with Crippen molar-refractivity contribution in [1.82, 2.24) is 0 Å². The summed E-state index contributed by atoms with van der Waals surface area (Å²) in [4.78, 5) is 6.63. The van der Waals surface area contributed by atoms with E-state index in [9.17, 15) is 21.6 Å². The summed E-state index contributed by atoms with van der Waals surface area (Å²) in [7, 11) is -5.87. The maximum atomic E-state index is 12.9. The van der Waals surface area contributed by atoms with Crippen molar-refractivity contribution in [3.8, 4) is 17.2 Å². The molecule has 5 rings (SSSR count). The molecular weight excluding hydrogens is 491 g/mol. The highest BCUT2D eigenvalue weighted by atomic mass is 32.2. The van der Waals surface area contributed by atoms with Gasteiger partial charge in [-0.05, 0) is 50.2 Å². The molecule has 0 unspecified atom stereocenters. The number of benzene rings is 2. The van der Waals surface area contributed by atoms with Gasteiger partial charge in [0.15, 0.2) is 5.54 Å². The summed E-state index contributed by atoms with van der Waals surface area (Å²) in [6, 6.07) is 8.98. The van der Waals surface area contributed by atoms with E-state index >= 15 is 0 Å². The number of fused-ring (bicyclic) bond motifs is 4. The van der Waals surface area contributed by atoms with E-state index in [-0.39, 0.29) is 29.5 Å². The van der Waals surface area contributed by atoms with Crippen LogP contribution in [0.1, 0.15) is 25.0 Å². The van der Waals surface area contributed by atoms with Crippen molar-refractivity contribution in [3.63, 3.8) is 0 Å². The average molecular weight is 513 g/mol. The quantitative estimate of drug-likeness (QED) is 0.492. The lowest BCUT2D eigenvalue weighted by molar-refractivity contribution is -0.0500. The zero-order valence-electron chi connectivity index (χ0n) is 18.8. The fourth-order valence-corrected chi connectivity index (χ4v) is 4.93. The zero-order valence-corrected chi connectivity index (χ0v) is 19.6. The topological polar surface area (TPSA) is 113 Å². The minimum absolute atomic E-state index is 0.0598. The van der Waals surface area contributed by atoms with E-state index in [4.69, 9.17) is 19.9 Å². The Morgan fingerprint density at radius 3 is 2.43 bits per heavy atom. The lowest BCUT2D eigenvalue weighted by Crippen LogP contribution is -2.48. The van der Waals surface area contributed by atoms with Crippen LogP contribution in [0.5, 0.6) is 17.2 Å². The van der Waals surface area contributed by atoms with Gasteiger partial charge in [-0.15, -0.1) is 0 Å². The minimum atomic E-state index is -5.87. The summed E-state index contributed by atoms with van der Waals surface area (Å²) in [6.45, 7) is 5.75. The van der Waals surface area contributed by atoms with E-state index in [2.05, 4.69) is 14.1 Å². The predicted octanol–water partition coefficient (Wildman–Crippen LogP) is 3.22. The average Bonchev–Trinajstić information content (AvgIpc) is 3.15. The Labute approximate surface area is 199 Å². The zero-order chi connectivity index (χ0) is 25.2. The van der Waals surface area contributed by atoms with Crippen LogP contribution >= 0.6 is 0 Å². The molecule has 2 aromatic carbocycles. The molecule has 0 saturated carbocycles. The number of hydrogen-bond acceptors (Lipinski definition) is 9. The van der Waals surface area contributed by atoms with Gasteiger partial charge in [0, 0.05) is 29.9 Å². The third-order valence-electron chi connectivity index (χ3n) is 6.04. The summed E-state index contributed by atoms with van der Waals surface area (Å²) in [5.41, 5.74) is 0.340. The molecule has 0 aromatic heterocycles. The Kier molecular flexibility index (Phi) is 5.15. The first-order valence-electron chi connectivity index (χ1n) is 10.6. The number of amidine groups is 1. The molecule has 2 N–H and O–H groups in total. The van der Waals surface area contributed by atoms with E-state index in [0.29, 0.717) is 31.0 Å². The molecule has 0 amide bonds. The highest BCUT2D eigenvalue weighted by Crippen LogP contribution is 2.52. The Morgan fingerprint density at radius 2 is 1.80 bits per heavy atom. The molecule has 0 bridgehead atoms. The number of halogens is 3. The second-order valence-electron chi connectivity index (χ2n) is 9.05. The van der Waals surface area contributed by atoms with E-state index in [1.165, 1.54) is 6.07 Å². The molecule has 3 heterocycles. The normalized spacial score (nSPS) is 23.1. The van der Waals surface area contributed by atoms with Crippen molar-refractivity contribution in [2.75, 3.05) is 31.2 Å². The van der Waals surface area contributed by atoms with Gasteiger partial charge in [-0.25, -0.2) is 4.99 Å². The molecule has 35 heavy (non-hydrogen) atoms. The highest BCUT2D eigenvalue weighted by molar-refractivity contribution is 7.88. The Balaban J connectivity index is 1.60. The van der Waals surface area contributed by atoms with E-state index in [1.807, 2.05) is 26.0 Å². The van der Waals surface area contributed by atoms with Gasteiger partial charge >= 0.3 is 15.6 Å². The second kappa shape index (κ2) is 7.65. The minimum Gasteiger partial charge on any atom is -0.462 e. The summed E-state index contributed by atoms with van der Waals surface area (Å²) in [5, 5.41) is 0. The number of anilines is 1. The first-order valence-corrected chi connectivity index (χ1v) is 12.1. The fourth-order valence-electron chi connectivity index (χ4n) is 4.48. The van der Waals surface area contributed by atoms with Crippen LogP contribution in [-0.4, -0.2) is 51.9 Å². The van der Waals surface area contributed by atoms with E-state index in [0.717, 1.165) is 17.8 Å². The largest absolute Gasteiger partial charge is 0.534 e. The molecule has 13 heteroatoms. The number of morpholine rings is 1. The summed E-state index contributed by atoms with van der Waals surface area (Å²) < 4.78 is 83.3. The number of aliphatic imine (C=N–C) groups is 1. The molecule has 0 aliphatic carbocycles. The van der Waals surface area contributed by atoms with Crippen LogP contribution in [0.3, 0.4) is 0 Å². The second-order valence-corrected chi connectivity index (χ2v) is 10.6. The number of rotatable bonds is 3. The molecule has 1 fully saturated rings. The summed E-state index contributed by atoms with van der Waals surface area (Å²) >= 11 is 0. The number of nitrogens with two attached hydrogens (primary N) is 1. The predicted molar refractivity (Wildman–Crippen MR) is 119 cm³/mol. The van der Waals surface area contributed by atoms with Gasteiger partial charge in [-0.2, -0.15) is 21.6 Å². The Hall–Kier alpha value is -3.19. The van der Waals surface area contributed by atoms with Gasteiger partial charge in [0.05, 0.1) is 12.2 Å². The van der Waals surface area contributed by atoms with Crippen LogP contribution in [0, 0.1) is 0 Å². The van der Waals surface area contributed by atoms with Gasteiger partial charge in [0.1, 0.15) is 23.9 Å². The molecule has 2 aromatic rings. The van der Waals surface area contributed by atoms with Crippen LogP contribution in [0.4, 0.5) is 18.9 Å². The standard InChI is InChI=1S/C22H22F3N3O6S/c1-20(2)11-28(7-8-32-20)13-3-5-17-15(9-13)21(12-31-19(26)27-21)16-10-14(4-6-18(16)33-17)34-35(29,30)22(23,24)25/h3-6,9-10H,7-8,11-12H2,1-2H3,(H2,26,27)/t21-/m1/s1. The van der Waals surface area contributed by atoms with Crippen LogP contribution in [0.25, 0.3) is 0 Å². The van der Waals surface area contributed by atoms with Crippen LogP contribution in [0.2, 0.25) is 0 Å². The molecule has 0 radical (unpaired) electrons. The third kappa shape index (κ3) is 4.01. The molecule has 3 aliphatic rings. The van der Waals surface area contributed by atoms with Crippen LogP contribution < -0.4 is 19.6 Å². The van der Waals surface area contributed by atoms with Crippen LogP contribution in [-0.2, 0) is 25.1 Å². The maximum Gasteiger partial charge on any atom is 0.534 e. The maximum absolute atomic E-state index is 12.9. The van der Waals surface area contributed by atoms with Gasteiger partial charge in [0.25, 0.3) is 6.02 Å². The molecule has 9 nitrogen and oxygen atoms in total. The lowest BCUT2D eigenvalue weighted by atomic mass is 9.81. The molecule has 188 valence electrons. The molecule has 1 saturated heterocycles. The Morgan fingerprint density at radius 1 is 1.11 bits per heavy atom. The van der Waals surface area contributed by atoms with Crippen molar-refractivity contribution in [3.05, 3.63) is 47.5 Å². The monoisotopic (exact) mass is 513 g/mol. The van der Waals surface area contributed by atoms with Gasteiger partial charge < -0.3 is 29.0 Å². The fraction of sp³-hybridized carbons (Fsp3) is 0.409.